The molecule has 3 nitrogen and oxygen atoms in total. The highest BCUT2D eigenvalue weighted by atomic mass is 19.4. The number of β-amino-alcohol motifs (C(OH)–C–C–N with tert-alkyl or cyclic N) is 2. The Morgan fingerprint density at radius 3 is 2.07 bits per heavy atom. The van der Waals surface area contributed by atoms with Gasteiger partial charge in [-0.1, -0.05) is 0 Å². The first-order chi connectivity index (χ1) is 6.38. The molecule has 0 aromatic rings. The van der Waals surface area contributed by atoms with E-state index < -0.39 is 24.8 Å². The second kappa shape index (κ2) is 4.46. The van der Waals surface area contributed by atoms with E-state index in [4.69, 9.17) is 10.2 Å². The minimum Gasteiger partial charge on any atom is -0.389 e. The molecule has 0 amide bonds. The fourth-order valence-electron chi connectivity index (χ4n) is 1.53. The van der Waals surface area contributed by atoms with Gasteiger partial charge in [-0.2, -0.15) is 13.2 Å². The molecule has 0 aromatic carbocycles. The molecule has 0 aliphatic carbocycles. The molecule has 6 heteroatoms. The largest absolute Gasteiger partial charge is 0.389 e. The lowest BCUT2D eigenvalue weighted by molar-refractivity contribution is -0.136. The predicted octanol–water partition coefficient (Wildman–Crippen LogP) is 0.366. The highest BCUT2D eigenvalue weighted by molar-refractivity contribution is 4.82. The molecule has 1 rings (SSSR count). The zero-order valence-corrected chi connectivity index (χ0v) is 7.67. The van der Waals surface area contributed by atoms with E-state index in [1.807, 2.05) is 0 Å². The van der Waals surface area contributed by atoms with Crippen LogP contribution in [0.3, 0.4) is 0 Å². The van der Waals surface area contributed by atoms with Crippen LogP contribution in [0.1, 0.15) is 12.8 Å². The molecule has 0 saturated carbocycles. The predicted molar refractivity (Wildman–Crippen MR) is 43.7 cm³/mol. The van der Waals surface area contributed by atoms with Crippen LogP contribution in [0.5, 0.6) is 0 Å². The SMILES string of the molecule is OC1CN(CCCC(F)(F)F)CC1O. The van der Waals surface area contributed by atoms with Gasteiger partial charge in [0.05, 0.1) is 12.2 Å². The molecule has 14 heavy (non-hydrogen) atoms. The molecule has 1 fully saturated rings. The standard InChI is InChI=1S/C8H14F3NO2/c9-8(10,11)2-1-3-12-4-6(13)7(14)5-12/h6-7,13-14H,1-5H2. The molecule has 1 saturated heterocycles. The molecule has 1 aliphatic heterocycles. The first-order valence-corrected chi connectivity index (χ1v) is 4.54. The Balaban J connectivity index is 2.15. The third kappa shape index (κ3) is 3.81. The van der Waals surface area contributed by atoms with Gasteiger partial charge in [-0.15, -0.1) is 0 Å². The average Bonchev–Trinajstić information content (AvgIpc) is 2.28. The van der Waals surface area contributed by atoms with Crippen molar-refractivity contribution < 1.29 is 23.4 Å². The van der Waals surface area contributed by atoms with Crippen LogP contribution in [0.25, 0.3) is 0 Å². The van der Waals surface area contributed by atoms with Crippen LogP contribution in [-0.2, 0) is 0 Å². The maximum atomic E-state index is 11.8. The summed E-state index contributed by atoms with van der Waals surface area (Å²) >= 11 is 0. The zero-order valence-electron chi connectivity index (χ0n) is 7.67. The number of nitrogens with zero attached hydrogens (tertiary/aromatic N) is 1. The van der Waals surface area contributed by atoms with Crippen LogP contribution < -0.4 is 0 Å². The van der Waals surface area contributed by atoms with E-state index in [0.29, 0.717) is 0 Å². The van der Waals surface area contributed by atoms with Crippen molar-refractivity contribution in [1.82, 2.24) is 4.90 Å². The fraction of sp³-hybridized carbons (Fsp3) is 1.00. The molecule has 0 bridgehead atoms. The summed E-state index contributed by atoms with van der Waals surface area (Å²) < 4.78 is 35.3. The minimum absolute atomic E-state index is 0.0168. The van der Waals surface area contributed by atoms with E-state index in [-0.39, 0.29) is 26.1 Å². The Morgan fingerprint density at radius 2 is 1.64 bits per heavy atom. The van der Waals surface area contributed by atoms with Crippen molar-refractivity contribution in [3.8, 4) is 0 Å². The molecular formula is C8H14F3NO2. The maximum absolute atomic E-state index is 11.8. The summed E-state index contributed by atoms with van der Waals surface area (Å²) in [6.45, 7) is 0.797. The van der Waals surface area contributed by atoms with Gasteiger partial charge in [0.2, 0.25) is 0 Å². The van der Waals surface area contributed by atoms with Crippen LogP contribution in [0.2, 0.25) is 0 Å². The molecule has 0 spiro atoms. The second-order valence-corrected chi connectivity index (χ2v) is 3.61. The average molecular weight is 213 g/mol. The number of aliphatic hydroxyl groups excluding tert-OH is 2. The highest BCUT2D eigenvalue weighted by Gasteiger charge is 2.31. The van der Waals surface area contributed by atoms with Gasteiger partial charge >= 0.3 is 6.18 Å². The summed E-state index contributed by atoms with van der Waals surface area (Å²) in [4.78, 5) is 1.64. The van der Waals surface area contributed by atoms with Crippen molar-refractivity contribution in [3.63, 3.8) is 0 Å². The Bertz CT molecular complexity index is 176. The maximum Gasteiger partial charge on any atom is 0.389 e. The topological polar surface area (TPSA) is 43.7 Å². The van der Waals surface area contributed by atoms with Crippen molar-refractivity contribution in [2.45, 2.75) is 31.2 Å². The number of hydrogen-bond donors (Lipinski definition) is 2. The minimum atomic E-state index is -4.11. The number of alkyl halides is 3. The first kappa shape index (κ1) is 11.7. The van der Waals surface area contributed by atoms with E-state index in [2.05, 4.69) is 0 Å². The molecule has 1 aliphatic rings. The molecular weight excluding hydrogens is 199 g/mol. The van der Waals surface area contributed by atoms with Gasteiger partial charge in [-0.25, -0.2) is 0 Å². The summed E-state index contributed by atoms with van der Waals surface area (Å²) in [6, 6.07) is 0. The van der Waals surface area contributed by atoms with Gasteiger partial charge in [0.15, 0.2) is 0 Å². The smallest absolute Gasteiger partial charge is 0.389 e. The van der Waals surface area contributed by atoms with Crippen LogP contribution >= 0.6 is 0 Å². The molecule has 2 N–H and O–H groups in total. The summed E-state index contributed by atoms with van der Waals surface area (Å²) in [5, 5.41) is 18.2. The first-order valence-electron chi connectivity index (χ1n) is 4.54. The molecule has 1 heterocycles. The van der Waals surface area contributed by atoms with Crippen LogP contribution in [-0.4, -0.2) is 53.1 Å². The van der Waals surface area contributed by atoms with E-state index in [0.717, 1.165) is 0 Å². The van der Waals surface area contributed by atoms with E-state index in [1.54, 1.807) is 4.90 Å². The van der Waals surface area contributed by atoms with Crippen molar-refractivity contribution in [2.75, 3.05) is 19.6 Å². The molecule has 0 radical (unpaired) electrons. The molecule has 84 valence electrons. The van der Waals surface area contributed by atoms with Crippen molar-refractivity contribution in [2.24, 2.45) is 0 Å². The zero-order chi connectivity index (χ0) is 10.8. The molecule has 0 aromatic heterocycles. The summed E-state index contributed by atoms with van der Waals surface area (Å²) in [7, 11) is 0. The monoisotopic (exact) mass is 213 g/mol. The van der Waals surface area contributed by atoms with Gasteiger partial charge in [-0.3, -0.25) is 4.90 Å². The Morgan fingerprint density at radius 1 is 1.14 bits per heavy atom. The highest BCUT2D eigenvalue weighted by Crippen LogP contribution is 2.22. The van der Waals surface area contributed by atoms with Crippen LogP contribution in [0.4, 0.5) is 13.2 Å². The van der Waals surface area contributed by atoms with Crippen molar-refractivity contribution >= 4 is 0 Å². The Labute approximate surface area is 80.1 Å². The van der Waals surface area contributed by atoms with E-state index in [1.165, 1.54) is 0 Å². The summed E-state index contributed by atoms with van der Waals surface area (Å²) in [6.07, 6.45) is -6.54. The van der Waals surface area contributed by atoms with Crippen molar-refractivity contribution in [1.29, 1.82) is 0 Å². The number of hydrogen-bond acceptors (Lipinski definition) is 3. The lowest BCUT2D eigenvalue weighted by Gasteiger charge is -2.14. The lowest BCUT2D eigenvalue weighted by Crippen LogP contribution is -2.24. The summed E-state index contributed by atoms with van der Waals surface area (Å²) in [5.74, 6) is 0. The van der Waals surface area contributed by atoms with Crippen molar-refractivity contribution in [3.05, 3.63) is 0 Å². The molecule has 2 unspecified atom stereocenters. The number of aliphatic hydroxyl groups is 2. The van der Waals surface area contributed by atoms with Gasteiger partial charge in [0, 0.05) is 19.5 Å². The second-order valence-electron chi connectivity index (χ2n) is 3.61. The van der Waals surface area contributed by atoms with Gasteiger partial charge < -0.3 is 10.2 Å². The number of halogens is 3. The van der Waals surface area contributed by atoms with Gasteiger partial charge in [0.1, 0.15) is 0 Å². The normalized spacial score (nSPS) is 29.8. The van der Waals surface area contributed by atoms with E-state index >= 15 is 0 Å². The quantitative estimate of drug-likeness (QED) is 0.711. The van der Waals surface area contributed by atoms with Crippen LogP contribution in [0.15, 0.2) is 0 Å². The third-order valence-corrected chi connectivity index (χ3v) is 2.27. The fourth-order valence-corrected chi connectivity index (χ4v) is 1.53. The van der Waals surface area contributed by atoms with Gasteiger partial charge in [0.25, 0.3) is 0 Å². The lowest BCUT2D eigenvalue weighted by atomic mass is 10.3. The van der Waals surface area contributed by atoms with Crippen LogP contribution in [0, 0.1) is 0 Å². The third-order valence-electron chi connectivity index (χ3n) is 2.27. The Kier molecular flexibility index (Phi) is 3.74. The van der Waals surface area contributed by atoms with Gasteiger partial charge in [-0.05, 0) is 13.0 Å². The summed E-state index contributed by atoms with van der Waals surface area (Å²) in [5.41, 5.74) is 0. The molecule has 2 atom stereocenters. The van der Waals surface area contributed by atoms with E-state index in [9.17, 15) is 13.2 Å². The Hall–Kier alpha value is -0.330. The number of likely N-dealkylation sites (tertiary alicyclic amines) is 1. The number of rotatable bonds is 3.